The fraction of sp³-hybridized carbons (Fsp3) is 0.684. The maximum Gasteiger partial charge on any atom is 0.317 e. The summed E-state index contributed by atoms with van der Waals surface area (Å²) in [7, 11) is 0. The molecule has 1 aromatic heterocycles. The summed E-state index contributed by atoms with van der Waals surface area (Å²) < 4.78 is 0. The van der Waals surface area contributed by atoms with Crippen molar-refractivity contribution in [2.24, 2.45) is 5.92 Å². The lowest BCUT2D eigenvalue weighted by molar-refractivity contribution is -0.139. The number of carboxylic acids is 1. The van der Waals surface area contributed by atoms with Gasteiger partial charge in [-0.05, 0) is 50.1 Å². The Morgan fingerprint density at radius 2 is 2.04 bits per heavy atom. The van der Waals surface area contributed by atoms with Gasteiger partial charge in [0.1, 0.15) is 0 Å². The summed E-state index contributed by atoms with van der Waals surface area (Å²) in [5.41, 5.74) is 2.21. The fourth-order valence-electron chi connectivity index (χ4n) is 4.13. The third kappa shape index (κ3) is 4.06. The van der Waals surface area contributed by atoms with Crippen LogP contribution in [-0.4, -0.2) is 59.0 Å². The molecule has 2 heterocycles. The Labute approximate surface area is 153 Å². The van der Waals surface area contributed by atoms with Crippen molar-refractivity contribution in [3.8, 4) is 0 Å². The summed E-state index contributed by atoms with van der Waals surface area (Å²) in [6.07, 6.45) is 5.02. The van der Waals surface area contributed by atoms with Crippen LogP contribution < -0.4 is 0 Å². The van der Waals surface area contributed by atoms with E-state index in [-0.39, 0.29) is 18.5 Å². The largest absolute Gasteiger partial charge is 0.480 e. The molecule has 0 spiro atoms. The van der Waals surface area contributed by atoms with Gasteiger partial charge in [-0.1, -0.05) is 13.8 Å². The Hall–Kier alpha value is -1.40. The Kier molecular flexibility index (Phi) is 5.79. The van der Waals surface area contributed by atoms with Gasteiger partial charge >= 0.3 is 5.97 Å². The molecule has 1 amide bonds. The first-order valence-electron chi connectivity index (χ1n) is 9.34. The molecule has 6 heteroatoms. The first-order valence-corrected chi connectivity index (χ1v) is 10.2. The number of carboxylic acid groups (broad SMARTS) is 1. The summed E-state index contributed by atoms with van der Waals surface area (Å²) in [5.74, 6) is 0.116. The first kappa shape index (κ1) is 18.4. The third-order valence-corrected chi connectivity index (χ3v) is 6.70. The molecular weight excluding hydrogens is 336 g/mol. The monoisotopic (exact) mass is 364 g/mol. The van der Waals surface area contributed by atoms with Gasteiger partial charge in [-0.15, -0.1) is 11.3 Å². The van der Waals surface area contributed by atoms with Crippen molar-refractivity contribution in [1.29, 1.82) is 0 Å². The first-order chi connectivity index (χ1) is 12.0. The van der Waals surface area contributed by atoms with E-state index in [2.05, 4.69) is 12.3 Å². The number of rotatable bonds is 5. The topological polar surface area (TPSA) is 60.9 Å². The molecule has 0 saturated carbocycles. The highest BCUT2D eigenvalue weighted by atomic mass is 32.1. The molecule has 1 fully saturated rings. The van der Waals surface area contributed by atoms with E-state index in [1.165, 1.54) is 16.9 Å². The lowest BCUT2D eigenvalue weighted by atomic mass is 9.88. The van der Waals surface area contributed by atoms with Gasteiger partial charge in [0.15, 0.2) is 0 Å². The second-order valence-electron chi connectivity index (χ2n) is 7.38. The van der Waals surface area contributed by atoms with Gasteiger partial charge in [-0.25, -0.2) is 0 Å². The molecule has 1 aliphatic heterocycles. The molecule has 1 unspecified atom stereocenters. The van der Waals surface area contributed by atoms with E-state index in [1.54, 1.807) is 11.3 Å². The summed E-state index contributed by atoms with van der Waals surface area (Å²) in [6, 6.07) is 0.266. The van der Waals surface area contributed by atoms with Crippen LogP contribution in [0.5, 0.6) is 0 Å². The minimum atomic E-state index is -0.778. The van der Waals surface area contributed by atoms with Crippen LogP contribution in [0.25, 0.3) is 0 Å². The van der Waals surface area contributed by atoms with Crippen LogP contribution >= 0.6 is 11.3 Å². The number of aliphatic carboxylic acids is 1. The van der Waals surface area contributed by atoms with Crippen molar-refractivity contribution >= 4 is 23.2 Å². The zero-order valence-electron chi connectivity index (χ0n) is 15.2. The van der Waals surface area contributed by atoms with Gasteiger partial charge in [-0.2, -0.15) is 0 Å². The van der Waals surface area contributed by atoms with Crippen molar-refractivity contribution in [1.82, 2.24) is 9.80 Å². The Morgan fingerprint density at radius 3 is 2.68 bits per heavy atom. The van der Waals surface area contributed by atoms with E-state index < -0.39 is 5.97 Å². The molecule has 0 aromatic carbocycles. The minimum absolute atomic E-state index is 0.0886. The number of fused-ring (bicyclic) bond motifs is 1. The molecule has 1 atom stereocenters. The highest BCUT2D eigenvalue weighted by molar-refractivity contribution is 7.10. The molecule has 5 nitrogen and oxygen atoms in total. The van der Waals surface area contributed by atoms with Gasteiger partial charge < -0.3 is 10.0 Å². The Bertz CT molecular complexity index is 635. The maximum absolute atomic E-state index is 13.0. The molecule has 0 bridgehead atoms. The second kappa shape index (κ2) is 7.87. The van der Waals surface area contributed by atoms with Crippen LogP contribution in [0.3, 0.4) is 0 Å². The van der Waals surface area contributed by atoms with Crippen molar-refractivity contribution in [2.45, 2.75) is 52.0 Å². The second-order valence-corrected chi connectivity index (χ2v) is 8.34. The summed E-state index contributed by atoms with van der Waals surface area (Å²) in [5, 5.41) is 11.1. The van der Waals surface area contributed by atoms with Crippen LogP contribution in [0.1, 0.15) is 53.9 Å². The van der Waals surface area contributed by atoms with Gasteiger partial charge in [0.2, 0.25) is 0 Å². The molecule has 25 heavy (non-hydrogen) atoms. The van der Waals surface area contributed by atoms with E-state index in [9.17, 15) is 9.59 Å². The quantitative estimate of drug-likeness (QED) is 0.873. The zero-order chi connectivity index (χ0) is 18.0. The summed E-state index contributed by atoms with van der Waals surface area (Å²) >= 11 is 1.74. The number of carbonyl (C=O) groups excluding carboxylic acids is 1. The Balaban J connectivity index is 1.62. The Morgan fingerprint density at radius 1 is 1.32 bits per heavy atom. The molecule has 1 aromatic rings. The van der Waals surface area contributed by atoms with Crippen LogP contribution in [0.2, 0.25) is 0 Å². The van der Waals surface area contributed by atoms with Crippen LogP contribution in [-0.2, 0) is 17.6 Å². The molecular formula is C19H28N2O3S. The number of thiophene rings is 1. The van der Waals surface area contributed by atoms with Crippen molar-refractivity contribution in [3.63, 3.8) is 0 Å². The number of carbonyl (C=O) groups is 2. The average Bonchev–Trinajstić information content (AvgIpc) is 3.02. The van der Waals surface area contributed by atoms with E-state index in [0.29, 0.717) is 0 Å². The summed E-state index contributed by atoms with van der Waals surface area (Å²) in [6.45, 7) is 6.55. The third-order valence-electron chi connectivity index (χ3n) is 5.64. The van der Waals surface area contributed by atoms with Gasteiger partial charge in [0.05, 0.1) is 12.1 Å². The number of nitrogens with zero attached hydrogens (tertiary/aromatic N) is 2. The molecule has 2 aliphatic rings. The van der Waals surface area contributed by atoms with Crippen molar-refractivity contribution in [3.05, 3.63) is 21.4 Å². The smallest absolute Gasteiger partial charge is 0.317 e. The minimum Gasteiger partial charge on any atom is -0.480 e. The predicted octanol–water partition coefficient (Wildman–Crippen LogP) is 2.88. The highest BCUT2D eigenvalue weighted by Gasteiger charge is 2.30. The lowest BCUT2D eigenvalue weighted by Crippen LogP contribution is -2.48. The van der Waals surface area contributed by atoms with Crippen molar-refractivity contribution in [2.75, 3.05) is 26.2 Å². The number of amides is 1. The molecule has 0 radical (unpaired) electrons. The standard InChI is InChI=1S/C19H28N2O3S/c1-3-20(11-18(22)23)14-6-8-21(9-7-14)19(24)16-12-25-17-10-13(2)4-5-15(16)17/h12-14H,3-11H2,1-2H3,(H,22,23). The normalized spacial score (nSPS) is 21.4. The number of piperidine rings is 1. The molecule has 138 valence electrons. The van der Waals surface area contributed by atoms with Gasteiger partial charge in [0, 0.05) is 29.4 Å². The predicted molar refractivity (Wildman–Crippen MR) is 99.3 cm³/mol. The SMILES string of the molecule is CCN(CC(=O)O)C1CCN(C(=O)c2csc3c2CCC(C)C3)CC1. The molecule has 1 aliphatic carbocycles. The van der Waals surface area contributed by atoms with Crippen LogP contribution in [0.15, 0.2) is 5.38 Å². The molecule has 3 rings (SSSR count). The lowest BCUT2D eigenvalue weighted by Gasteiger charge is -2.37. The summed E-state index contributed by atoms with van der Waals surface area (Å²) in [4.78, 5) is 29.3. The average molecular weight is 365 g/mol. The van der Waals surface area contributed by atoms with Gasteiger partial charge in [-0.3, -0.25) is 14.5 Å². The van der Waals surface area contributed by atoms with Crippen LogP contribution in [0, 0.1) is 5.92 Å². The van der Waals surface area contributed by atoms with Gasteiger partial charge in [0.25, 0.3) is 5.91 Å². The fourth-order valence-corrected chi connectivity index (χ4v) is 5.37. The van der Waals surface area contributed by atoms with E-state index >= 15 is 0 Å². The maximum atomic E-state index is 13.0. The molecule has 1 N–H and O–H groups in total. The molecule has 1 saturated heterocycles. The zero-order valence-corrected chi connectivity index (χ0v) is 16.0. The van der Waals surface area contributed by atoms with E-state index in [0.717, 1.165) is 56.8 Å². The highest BCUT2D eigenvalue weighted by Crippen LogP contribution is 2.33. The van der Waals surface area contributed by atoms with Crippen molar-refractivity contribution < 1.29 is 14.7 Å². The number of likely N-dealkylation sites (tertiary alicyclic amines) is 1. The number of hydrogen-bond donors (Lipinski definition) is 1. The number of hydrogen-bond acceptors (Lipinski definition) is 4. The number of likely N-dealkylation sites (N-methyl/N-ethyl adjacent to an activating group) is 1. The van der Waals surface area contributed by atoms with Crippen LogP contribution in [0.4, 0.5) is 0 Å². The van der Waals surface area contributed by atoms with E-state index in [1.807, 2.05) is 16.7 Å². The van der Waals surface area contributed by atoms with E-state index in [4.69, 9.17) is 5.11 Å².